The smallest absolute Gasteiger partial charge is 0.237 e. The van der Waals surface area contributed by atoms with Gasteiger partial charge in [0.2, 0.25) is 5.91 Å². The molecular weight excluding hydrogens is 370 g/mol. The standard InChI is InChI=1S/C21H25N5OS/c1-16(21-23-17-7-3-4-8-18(17)28-21)24(2)20(27)15-25-11-13-26(14-12-25)19-9-5-6-10-22-19/h3-10,16H,11-15H2,1-2H3/t16-/m1/s1. The molecule has 4 rings (SSSR count). The van der Waals surface area contributed by atoms with Crippen LogP contribution >= 0.6 is 11.3 Å². The van der Waals surface area contributed by atoms with Crippen LogP contribution in [0, 0.1) is 0 Å². The fourth-order valence-corrected chi connectivity index (χ4v) is 4.49. The first-order valence-corrected chi connectivity index (χ1v) is 10.4. The number of thiazole rings is 1. The maximum atomic E-state index is 12.8. The first-order chi connectivity index (χ1) is 13.6. The van der Waals surface area contributed by atoms with Gasteiger partial charge in [-0.25, -0.2) is 9.97 Å². The zero-order valence-corrected chi connectivity index (χ0v) is 17.1. The quantitative estimate of drug-likeness (QED) is 0.665. The molecule has 1 saturated heterocycles. The van der Waals surface area contributed by atoms with Crippen LogP contribution in [0.1, 0.15) is 18.0 Å². The van der Waals surface area contributed by atoms with Crippen LogP contribution in [0.4, 0.5) is 5.82 Å². The number of piperazine rings is 1. The van der Waals surface area contributed by atoms with Gasteiger partial charge in [0.25, 0.3) is 0 Å². The molecule has 7 heteroatoms. The normalized spacial score (nSPS) is 16.3. The Morgan fingerprint density at radius 3 is 2.61 bits per heavy atom. The van der Waals surface area contributed by atoms with Crippen molar-refractivity contribution in [1.29, 1.82) is 0 Å². The van der Waals surface area contributed by atoms with Crippen molar-refractivity contribution in [1.82, 2.24) is 19.8 Å². The van der Waals surface area contributed by atoms with Crippen LogP contribution in [0.25, 0.3) is 10.2 Å². The number of carbonyl (C=O) groups is 1. The highest BCUT2D eigenvalue weighted by Gasteiger charge is 2.24. The number of carbonyl (C=O) groups excluding carboxylic acids is 1. The predicted octanol–water partition coefficient (Wildman–Crippen LogP) is 3.03. The number of rotatable bonds is 5. The number of hydrogen-bond acceptors (Lipinski definition) is 6. The molecule has 146 valence electrons. The number of benzene rings is 1. The van der Waals surface area contributed by atoms with E-state index in [1.807, 2.05) is 54.5 Å². The summed E-state index contributed by atoms with van der Waals surface area (Å²) >= 11 is 1.66. The number of amides is 1. The largest absolute Gasteiger partial charge is 0.354 e. The molecule has 28 heavy (non-hydrogen) atoms. The zero-order valence-electron chi connectivity index (χ0n) is 16.3. The van der Waals surface area contributed by atoms with Crippen molar-refractivity contribution in [3.8, 4) is 0 Å². The maximum Gasteiger partial charge on any atom is 0.237 e. The Labute approximate surface area is 169 Å². The molecule has 1 aromatic carbocycles. The average Bonchev–Trinajstić information content (AvgIpc) is 3.18. The fourth-order valence-electron chi connectivity index (χ4n) is 3.43. The molecule has 0 unspecified atom stereocenters. The summed E-state index contributed by atoms with van der Waals surface area (Å²) in [6, 6.07) is 14.1. The Morgan fingerprint density at radius 1 is 1.14 bits per heavy atom. The molecule has 1 aliphatic rings. The summed E-state index contributed by atoms with van der Waals surface area (Å²) in [6.07, 6.45) is 1.82. The van der Waals surface area contributed by atoms with E-state index in [0.717, 1.165) is 47.2 Å². The Balaban J connectivity index is 1.33. The van der Waals surface area contributed by atoms with Crippen LogP contribution < -0.4 is 4.90 Å². The number of fused-ring (bicyclic) bond motifs is 1. The van der Waals surface area contributed by atoms with Crippen molar-refractivity contribution in [2.75, 3.05) is 44.7 Å². The second-order valence-electron chi connectivity index (χ2n) is 7.15. The third-order valence-corrected chi connectivity index (χ3v) is 6.55. The zero-order chi connectivity index (χ0) is 19.5. The van der Waals surface area contributed by atoms with E-state index in [-0.39, 0.29) is 11.9 Å². The van der Waals surface area contributed by atoms with Crippen molar-refractivity contribution in [3.63, 3.8) is 0 Å². The number of aromatic nitrogens is 2. The lowest BCUT2D eigenvalue weighted by molar-refractivity contribution is -0.133. The molecule has 1 atom stereocenters. The Hall–Kier alpha value is -2.51. The van der Waals surface area contributed by atoms with E-state index < -0.39 is 0 Å². The SMILES string of the molecule is C[C@H](c1nc2ccccc2s1)N(C)C(=O)CN1CCN(c2ccccn2)CC1. The minimum atomic E-state index is -0.0280. The van der Waals surface area contributed by atoms with Gasteiger partial charge in [-0.3, -0.25) is 9.69 Å². The molecule has 0 spiro atoms. The lowest BCUT2D eigenvalue weighted by atomic mass is 10.2. The number of nitrogens with zero attached hydrogens (tertiary/aromatic N) is 5. The number of anilines is 1. The molecule has 1 amide bonds. The lowest BCUT2D eigenvalue weighted by Crippen LogP contribution is -2.50. The molecule has 0 aliphatic carbocycles. The van der Waals surface area contributed by atoms with Gasteiger partial charge in [-0.05, 0) is 31.2 Å². The highest BCUT2D eigenvalue weighted by molar-refractivity contribution is 7.18. The van der Waals surface area contributed by atoms with E-state index in [1.165, 1.54) is 0 Å². The van der Waals surface area contributed by atoms with Gasteiger partial charge in [0.05, 0.1) is 22.8 Å². The van der Waals surface area contributed by atoms with Crippen LogP contribution in [-0.2, 0) is 4.79 Å². The predicted molar refractivity (Wildman–Crippen MR) is 114 cm³/mol. The molecule has 6 nitrogen and oxygen atoms in total. The van der Waals surface area contributed by atoms with Gasteiger partial charge in [0, 0.05) is 39.4 Å². The summed E-state index contributed by atoms with van der Waals surface area (Å²) in [5.74, 6) is 1.15. The molecule has 0 radical (unpaired) electrons. The summed E-state index contributed by atoms with van der Waals surface area (Å²) in [6.45, 7) is 6.01. The molecule has 0 bridgehead atoms. The minimum absolute atomic E-state index is 0.0280. The van der Waals surface area contributed by atoms with E-state index in [1.54, 1.807) is 11.3 Å². The highest BCUT2D eigenvalue weighted by atomic mass is 32.1. The van der Waals surface area contributed by atoms with Gasteiger partial charge in [0.15, 0.2) is 0 Å². The number of hydrogen-bond donors (Lipinski definition) is 0. The average molecular weight is 396 g/mol. The van der Waals surface area contributed by atoms with Crippen LogP contribution in [0.5, 0.6) is 0 Å². The molecule has 3 heterocycles. The third-order valence-electron chi connectivity index (χ3n) is 5.35. The highest BCUT2D eigenvalue weighted by Crippen LogP contribution is 2.28. The van der Waals surface area contributed by atoms with Crippen molar-refractivity contribution in [2.45, 2.75) is 13.0 Å². The summed E-state index contributed by atoms with van der Waals surface area (Å²) < 4.78 is 1.16. The second kappa shape index (κ2) is 8.24. The Kier molecular flexibility index (Phi) is 5.54. The third kappa shape index (κ3) is 4.00. The second-order valence-corrected chi connectivity index (χ2v) is 8.21. The van der Waals surface area contributed by atoms with Crippen LogP contribution in [-0.4, -0.2) is 65.4 Å². The van der Waals surface area contributed by atoms with E-state index in [2.05, 4.69) is 27.8 Å². The molecule has 1 fully saturated rings. The van der Waals surface area contributed by atoms with Crippen LogP contribution in [0.15, 0.2) is 48.7 Å². The van der Waals surface area contributed by atoms with Gasteiger partial charge in [-0.15, -0.1) is 11.3 Å². The first kappa shape index (κ1) is 18.8. The van der Waals surface area contributed by atoms with E-state index in [9.17, 15) is 4.79 Å². The molecule has 0 N–H and O–H groups in total. The van der Waals surface area contributed by atoms with E-state index in [4.69, 9.17) is 4.98 Å². The van der Waals surface area contributed by atoms with Crippen LogP contribution in [0.3, 0.4) is 0 Å². The first-order valence-electron chi connectivity index (χ1n) is 9.61. The van der Waals surface area contributed by atoms with Gasteiger partial charge < -0.3 is 9.80 Å². The number of likely N-dealkylation sites (N-methyl/N-ethyl adjacent to an activating group) is 1. The molecule has 3 aromatic rings. The van der Waals surface area contributed by atoms with Gasteiger partial charge in [-0.1, -0.05) is 18.2 Å². The monoisotopic (exact) mass is 395 g/mol. The molecular formula is C21H25N5OS. The van der Waals surface area contributed by atoms with E-state index >= 15 is 0 Å². The van der Waals surface area contributed by atoms with Gasteiger partial charge >= 0.3 is 0 Å². The Morgan fingerprint density at radius 2 is 1.89 bits per heavy atom. The van der Waals surface area contributed by atoms with E-state index in [0.29, 0.717) is 6.54 Å². The Bertz CT molecular complexity index is 903. The molecule has 2 aromatic heterocycles. The van der Waals surface area contributed by atoms with Gasteiger partial charge in [-0.2, -0.15) is 0 Å². The summed E-state index contributed by atoms with van der Waals surface area (Å²) in [5, 5.41) is 0.983. The summed E-state index contributed by atoms with van der Waals surface area (Å²) in [7, 11) is 1.88. The number of para-hydroxylation sites is 1. The molecule has 1 aliphatic heterocycles. The molecule has 0 saturated carbocycles. The lowest BCUT2D eigenvalue weighted by Gasteiger charge is -2.36. The van der Waals surface area contributed by atoms with Crippen molar-refractivity contribution >= 4 is 33.3 Å². The van der Waals surface area contributed by atoms with Crippen molar-refractivity contribution < 1.29 is 4.79 Å². The minimum Gasteiger partial charge on any atom is -0.354 e. The number of pyridine rings is 1. The van der Waals surface area contributed by atoms with Crippen LogP contribution in [0.2, 0.25) is 0 Å². The fraction of sp³-hybridized carbons (Fsp3) is 0.381. The summed E-state index contributed by atoms with van der Waals surface area (Å²) in [4.78, 5) is 28.3. The topological polar surface area (TPSA) is 52.6 Å². The van der Waals surface area contributed by atoms with Crippen molar-refractivity contribution in [2.24, 2.45) is 0 Å². The van der Waals surface area contributed by atoms with Gasteiger partial charge in [0.1, 0.15) is 10.8 Å². The summed E-state index contributed by atoms with van der Waals surface area (Å²) in [5.41, 5.74) is 1.00. The maximum absolute atomic E-state index is 12.8. The van der Waals surface area contributed by atoms with Crippen molar-refractivity contribution in [3.05, 3.63) is 53.7 Å².